The number of ether oxygens (including phenoxy) is 2. The van der Waals surface area contributed by atoms with E-state index in [0.717, 1.165) is 16.8 Å². The number of amides is 1. The van der Waals surface area contributed by atoms with Gasteiger partial charge in [-0.1, -0.05) is 26.0 Å². The molecule has 1 N–H and O–H groups in total. The maximum Gasteiger partial charge on any atom is 0.338 e. The number of aryl methyl sites for hydroxylation is 2. The summed E-state index contributed by atoms with van der Waals surface area (Å²) in [4.78, 5) is 24.1. The summed E-state index contributed by atoms with van der Waals surface area (Å²) in [5, 5.41) is 2.76. The largest absolute Gasteiger partial charge is 0.493 e. The van der Waals surface area contributed by atoms with Crippen molar-refractivity contribution in [3.8, 4) is 5.75 Å². The molecule has 0 radical (unpaired) electrons. The Labute approximate surface area is 154 Å². The topological polar surface area (TPSA) is 64.6 Å². The zero-order valence-corrected chi connectivity index (χ0v) is 15.7. The number of carbonyl (C=O) groups is 2. The summed E-state index contributed by atoms with van der Waals surface area (Å²) in [5.74, 6) is 0.207. The van der Waals surface area contributed by atoms with E-state index in [-0.39, 0.29) is 12.5 Å². The van der Waals surface area contributed by atoms with Crippen molar-refractivity contribution >= 4 is 17.6 Å². The second-order valence-electron chi connectivity index (χ2n) is 6.67. The third kappa shape index (κ3) is 5.92. The molecule has 0 aliphatic rings. The molecule has 0 aromatic heterocycles. The molecular weight excluding hydrogens is 330 g/mol. The van der Waals surface area contributed by atoms with Crippen LogP contribution in [0.5, 0.6) is 5.75 Å². The molecule has 0 fully saturated rings. The molecule has 0 saturated heterocycles. The summed E-state index contributed by atoms with van der Waals surface area (Å²) >= 11 is 0. The van der Waals surface area contributed by atoms with Gasteiger partial charge >= 0.3 is 5.97 Å². The van der Waals surface area contributed by atoms with Gasteiger partial charge in [0.05, 0.1) is 12.2 Å². The maximum absolute atomic E-state index is 12.1. The lowest BCUT2D eigenvalue weighted by atomic mass is 10.1. The lowest BCUT2D eigenvalue weighted by Gasteiger charge is -2.10. The molecule has 138 valence electrons. The average Bonchev–Trinajstić information content (AvgIpc) is 2.61. The predicted molar refractivity (Wildman–Crippen MR) is 102 cm³/mol. The molecule has 1 amide bonds. The minimum atomic E-state index is -0.545. The highest BCUT2D eigenvalue weighted by molar-refractivity contribution is 5.96. The van der Waals surface area contributed by atoms with Crippen molar-refractivity contribution in [1.29, 1.82) is 0 Å². The number of hydrogen-bond acceptors (Lipinski definition) is 4. The first-order chi connectivity index (χ1) is 12.3. The molecule has 0 aliphatic heterocycles. The van der Waals surface area contributed by atoms with Gasteiger partial charge in [0.15, 0.2) is 6.61 Å². The van der Waals surface area contributed by atoms with Crippen LogP contribution in [0.25, 0.3) is 0 Å². The van der Waals surface area contributed by atoms with Gasteiger partial charge in [0, 0.05) is 5.69 Å². The highest BCUT2D eigenvalue weighted by Crippen LogP contribution is 2.17. The van der Waals surface area contributed by atoms with Crippen LogP contribution in [0.3, 0.4) is 0 Å². The summed E-state index contributed by atoms with van der Waals surface area (Å²) in [6.45, 7) is 8.26. The van der Waals surface area contributed by atoms with Gasteiger partial charge in [0.25, 0.3) is 5.91 Å². The summed E-state index contributed by atoms with van der Waals surface area (Å²) in [7, 11) is 0. The Morgan fingerprint density at radius 2 is 1.73 bits per heavy atom. The number of nitrogens with one attached hydrogen (secondary N) is 1. The Morgan fingerprint density at radius 3 is 2.38 bits per heavy atom. The summed E-state index contributed by atoms with van der Waals surface area (Å²) in [6, 6.07) is 12.5. The van der Waals surface area contributed by atoms with Gasteiger partial charge in [-0.3, -0.25) is 4.79 Å². The van der Waals surface area contributed by atoms with Crippen molar-refractivity contribution in [3.05, 3.63) is 59.2 Å². The first kappa shape index (κ1) is 19.5. The molecule has 2 aromatic carbocycles. The van der Waals surface area contributed by atoms with Crippen LogP contribution in [0.4, 0.5) is 5.69 Å². The Kier molecular flexibility index (Phi) is 6.78. The van der Waals surface area contributed by atoms with Gasteiger partial charge in [0.2, 0.25) is 0 Å². The van der Waals surface area contributed by atoms with Gasteiger partial charge < -0.3 is 14.8 Å². The number of benzene rings is 2. The maximum atomic E-state index is 12.1. The van der Waals surface area contributed by atoms with E-state index in [1.165, 1.54) is 0 Å². The van der Waals surface area contributed by atoms with Crippen LogP contribution in [-0.4, -0.2) is 25.1 Å². The Balaban J connectivity index is 1.85. The minimum Gasteiger partial charge on any atom is -0.493 e. The van der Waals surface area contributed by atoms with Gasteiger partial charge in [-0.15, -0.1) is 0 Å². The van der Waals surface area contributed by atoms with Crippen LogP contribution in [0.1, 0.15) is 35.3 Å². The van der Waals surface area contributed by atoms with Crippen LogP contribution in [0.15, 0.2) is 42.5 Å². The van der Waals surface area contributed by atoms with E-state index >= 15 is 0 Å². The zero-order chi connectivity index (χ0) is 19.1. The fraction of sp³-hybridized carbons (Fsp3) is 0.333. The number of hydrogen-bond donors (Lipinski definition) is 1. The molecular formula is C21H25NO4. The second kappa shape index (κ2) is 9.04. The van der Waals surface area contributed by atoms with Crippen molar-refractivity contribution in [2.75, 3.05) is 18.5 Å². The molecule has 0 heterocycles. The molecule has 5 nitrogen and oxygen atoms in total. The molecule has 2 rings (SSSR count). The molecule has 0 saturated carbocycles. The zero-order valence-electron chi connectivity index (χ0n) is 15.7. The fourth-order valence-corrected chi connectivity index (χ4v) is 2.22. The van der Waals surface area contributed by atoms with E-state index in [1.807, 2.05) is 32.0 Å². The number of rotatable bonds is 7. The molecule has 2 aromatic rings. The average molecular weight is 355 g/mol. The quantitative estimate of drug-likeness (QED) is 0.758. The number of carbonyl (C=O) groups excluding carboxylic acids is 2. The third-order valence-electron chi connectivity index (χ3n) is 3.67. The van der Waals surface area contributed by atoms with E-state index in [2.05, 4.69) is 19.2 Å². The number of anilines is 1. The van der Waals surface area contributed by atoms with E-state index in [4.69, 9.17) is 9.47 Å². The first-order valence-electron chi connectivity index (χ1n) is 8.62. The smallest absolute Gasteiger partial charge is 0.338 e. The van der Waals surface area contributed by atoms with Crippen molar-refractivity contribution in [2.24, 2.45) is 5.92 Å². The molecule has 0 unspecified atom stereocenters. The fourth-order valence-electron chi connectivity index (χ4n) is 2.22. The number of esters is 1. The van der Waals surface area contributed by atoms with Gasteiger partial charge in [-0.25, -0.2) is 4.79 Å². The lowest BCUT2D eigenvalue weighted by Crippen LogP contribution is -2.21. The molecule has 0 bridgehead atoms. The molecule has 0 atom stereocenters. The van der Waals surface area contributed by atoms with E-state index < -0.39 is 5.97 Å². The Bertz CT molecular complexity index is 766. The predicted octanol–water partition coefficient (Wildman–Crippen LogP) is 4.13. The van der Waals surface area contributed by atoms with Gasteiger partial charge in [0.1, 0.15) is 5.75 Å². The summed E-state index contributed by atoms with van der Waals surface area (Å²) in [5.41, 5.74) is 3.09. The van der Waals surface area contributed by atoms with E-state index in [9.17, 15) is 9.59 Å². The molecule has 0 spiro atoms. The first-order valence-corrected chi connectivity index (χ1v) is 8.62. The third-order valence-corrected chi connectivity index (χ3v) is 3.67. The van der Waals surface area contributed by atoms with Gasteiger partial charge in [-0.2, -0.15) is 0 Å². The van der Waals surface area contributed by atoms with Crippen LogP contribution in [0.2, 0.25) is 0 Å². The van der Waals surface area contributed by atoms with Crippen LogP contribution < -0.4 is 10.1 Å². The summed E-state index contributed by atoms with van der Waals surface area (Å²) in [6.07, 6.45) is 0. The highest BCUT2D eigenvalue weighted by atomic mass is 16.5. The lowest BCUT2D eigenvalue weighted by molar-refractivity contribution is -0.119. The summed E-state index contributed by atoms with van der Waals surface area (Å²) < 4.78 is 10.6. The van der Waals surface area contributed by atoms with Crippen LogP contribution in [0, 0.1) is 19.8 Å². The van der Waals surface area contributed by atoms with Crippen molar-refractivity contribution in [1.82, 2.24) is 0 Å². The SMILES string of the molecule is Cc1ccc(C)c(NC(=O)COC(=O)c2ccc(OCC(C)C)cc2)c1. The molecule has 5 heteroatoms. The highest BCUT2D eigenvalue weighted by Gasteiger charge is 2.11. The van der Waals surface area contributed by atoms with Crippen molar-refractivity contribution in [2.45, 2.75) is 27.7 Å². The molecule has 26 heavy (non-hydrogen) atoms. The van der Waals surface area contributed by atoms with Crippen LogP contribution >= 0.6 is 0 Å². The van der Waals surface area contributed by atoms with Crippen LogP contribution in [-0.2, 0) is 9.53 Å². The second-order valence-corrected chi connectivity index (χ2v) is 6.67. The van der Waals surface area contributed by atoms with Crippen molar-refractivity contribution < 1.29 is 19.1 Å². The van der Waals surface area contributed by atoms with E-state index in [1.54, 1.807) is 24.3 Å². The van der Waals surface area contributed by atoms with Gasteiger partial charge in [-0.05, 0) is 61.2 Å². The Morgan fingerprint density at radius 1 is 1.04 bits per heavy atom. The minimum absolute atomic E-state index is 0.335. The van der Waals surface area contributed by atoms with Crippen molar-refractivity contribution in [3.63, 3.8) is 0 Å². The molecule has 0 aliphatic carbocycles. The van der Waals surface area contributed by atoms with E-state index in [0.29, 0.717) is 23.8 Å². The standard InChI is InChI=1S/C21H25NO4/c1-14(2)12-25-18-9-7-17(8-10-18)21(24)26-13-20(23)22-19-11-15(3)5-6-16(19)4/h5-11,14H,12-13H2,1-4H3,(H,22,23). The Hall–Kier alpha value is -2.82. The monoisotopic (exact) mass is 355 g/mol. The normalized spacial score (nSPS) is 10.5.